The number of carbonyl (C=O) groups is 2. The number of imide groups is 1. The first-order chi connectivity index (χ1) is 9.36. The highest BCUT2D eigenvalue weighted by atomic mass is 32.2. The van der Waals surface area contributed by atoms with Gasteiger partial charge < -0.3 is 5.73 Å². The van der Waals surface area contributed by atoms with Crippen LogP contribution in [-0.4, -0.2) is 36.2 Å². The van der Waals surface area contributed by atoms with Gasteiger partial charge in [0.05, 0.1) is 6.54 Å². The second kappa shape index (κ2) is 7.81. The Labute approximate surface area is 119 Å². The summed E-state index contributed by atoms with van der Waals surface area (Å²) in [5, 5.41) is 1.96. The maximum absolute atomic E-state index is 12.2. The van der Waals surface area contributed by atoms with E-state index in [-0.39, 0.29) is 6.54 Å². The first kappa shape index (κ1) is 16.4. The topological polar surface area (TPSA) is 75.4 Å². The molecule has 110 valence electrons. The molecule has 0 unspecified atom stereocenters. The van der Waals surface area contributed by atoms with Crippen molar-refractivity contribution in [1.82, 2.24) is 10.2 Å². The van der Waals surface area contributed by atoms with E-state index in [4.69, 9.17) is 5.73 Å². The van der Waals surface area contributed by atoms with Crippen LogP contribution in [0.15, 0.2) is 29.2 Å². The molecule has 0 heterocycles. The Morgan fingerprint density at radius 3 is 2.45 bits per heavy atom. The second-order valence-electron chi connectivity index (χ2n) is 4.11. The van der Waals surface area contributed by atoms with Crippen molar-refractivity contribution in [3.63, 3.8) is 0 Å². The number of benzene rings is 1. The second-order valence-corrected chi connectivity index (χ2v) is 5.17. The molecule has 20 heavy (non-hydrogen) atoms. The van der Waals surface area contributed by atoms with E-state index in [0.717, 1.165) is 5.56 Å². The fraction of sp³-hybridized carbons (Fsp3) is 0.333. The van der Waals surface area contributed by atoms with Crippen LogP contribution in [0.5, 0.6) is 0 Å². The summed E-state index contributed by atoms with van der Waals surface area (Å²) in [7, 11) is 1.70. The normalized spacial score (nSPS) is 10.8. The van der Waals surface area contributed by atoms with E-state index in [1.165, 1.54) is 0 Å². The molecule has 8 heteroatoms. The molecule has 0 radical (unpaired) electrons. The van der Waals surface area contributed by atoms with Gasteiger partial charge in [-0.1, -0.05) is 23.9 Å². The Hall–Kier alpha value is -1.67. The molecule has 0 bridgehead atoms. The molecule has 0 aromatic heterocycles. The third-order valence-electron chi connectivity index (χ3n) is 2.28. The summed E-state index contributed by atoms with van der Waals surface area (Å²) in [5.41, 5.74) is 5.70. The maximum atomic E-state index is 12.2. The first-order valence-electron chi connectivity index (χ1n) is 5.68. The molecule has 0 aliphatic rings. The Kier molecular flexibility index (Phi) is 6.40. The van der Waals surface area contributed by atoms with E-state index < -0.39 is 17.7 Å². The molecule has 0 spiro atoms. The van der Waals surface area contributed by atoms with Gasteiger partial charge in [-0.2, -0.15) is 8.78 Å². The number of hydrogen-bond acceptors (Lipinski definition) is 4. The predicted octanol–water partition coefficient (Wildman–Crippen LogP) is 1.63. The van der Waals surface area contributed by atoms with Crippen molar-refractivity contribution in [2.75, 3.05) is 13.6 Å². The number of alkyl halides is 2. The van der Waals surface area contributed by atoms with Crippen molar-refractivity contribution in [2.45, 2.75) is 17.2 Å². The summed E-state index contributed by atoms with van der Waals surface area (Å²) in [6, 6.07) is 5.74. The zero-order valence-corrected chi connectivity index (χ0v) is 11.6. The zero-order valence-electron chi connectivity index (χ0n) is 10.8. The van der Waals surface area contributed by atoms with Crippen LogP contribution in [0.4, 0.5) is 13.6 Å². The van der Waals surface area contributed by atoms with E-state index in [0.29, 0.717) is 23.2 Å². The molecular formula is C12H15F2N3O2S. The highest BCUT2D eigenvalue weighted by Crippen LogP contribution is 2.25. The lowest BCUT2D eigenvalue weighted by molar-refractivity contribution is -0.120. The SMILES string of the molecule is CN(CC(=O)NC(N)=O)Cc1ccc(SC(F)F)cc1. The van der Waals surface area contributed by atoms with Gasteiger partial charge in [-0.3, -0.25) is 15.0 Å². The summed E-state index contributed by atoms with van der Waals surface area (Å²) in [6.07, 6.45) is 0. The van der Waals surface area contributed by atoms with Crippen LogP contribution in [0.1, 0.15) is 5.56 Å². The van der Waals surface area contributed by atoms with Crippen molar-refractivity contribution >= 4 is 23.7 Å². The monoisotopic (exact) mass is 303 g/mol. The number of hydrogen-bond donors (Lipinski definition) is 2. The van der Waals surface area contributed by atoms with Gasteiger partial charge in [0.15, 0.2) is 0 Å². The van der Waals surface area contributed by atoms with Gasteiger partial charge in [0.1, 0.15) is 0 Å². The lowest BCUT2D eigenvalue weighted by atomic mass is 10.2. The summed E-state index contributed by atoms with van der Waals surface area (Å²) in [4.78, 5) is 23.9. The standard InChI is InChI=1S/C12H15F2N3O2S/c1-17(7-10(18)16-12(15)19)6-8-2-4-9(5-3-8)20-11(13)14/h2-5,11H,6-7H2,1H3,(H3,15,16,18,19). The number of urea groups is 1. The van der Waals surface area contributed by atoms with Gasteiger partial charge in [-0.05, 0) is 24.7 Å². The Balaban J connectivity index is 2.47. The number of carbonyl (C=O) groups excluding carboxylic acids is 2. The summed E-state index contributed by atoms with van der Waals surface area (Å²) >= 11 is 0.481. The predicted molar refractivity (Wildman–Crippen MR) is 72.4 cm³/mol. The van der Waals surface area contributed by atoms with Crippen LogP contribution in [0.3, 0.4) is 0 Å². The van der Waals surface area contributed by atoms with Crippen molar-refractivity contribution in [3.05, 3.63) is 29.8 Å². The Morgan fingerprint density at radius 1 is 1.35 bits per heavy atom. The van der Waals surface area contributed by atoms with Crippen LogP contribution < -0.4 is 11.1 Å². The van der Waals surface area contributed by atoms with E-state index in [1.807, 2.05) is 5.32 Å². The largest absolute Gasteiger partial charge is 0.351 e. The summed E-state index contributed by atoms with van der Waals surface area (Å²) < 4.78 is 24.3. The molecule has 1 aromatic carbocycles. The van der Waals surface area contributed by atoms with Gasteiger partial charge in [-0.15, -0.1) is 0 Å². The minimum Gasteiger partial charge on any atom is -0.351 e. The Bertz CT molecular complexity index is 468. The van der Waals surface area contributed by atoms with Gasteiger partial charge in [-0.25, -0.2) is 4.79 Å². The van der Waals surface area contributed by atoms with Crippen molar-refractivity contribution in [1.29, 1.82) is 0 Å². The zero-order chi connectivity index (χ0) is 15.1. The molecule has 0 aliphatic heterocycles. The number of primary amides is 1. The number of nitrogens with two attached hydrogens (primary N) is 1. The van der Waals surface area contributed by atoms with Gasteiger partial charge in [0.25, 0.3) is 5.76 Å². The molecule has 1 rings (SSSR count). The van der Waals surface area contributed by atoms with Gasteiger partial charge >= 0.3 is 6.03 Å². The van der Waals surface area contributed by atoms with Crippen molar-refractivity contribution in [3.8, 4) is 0 Å². The van der Waals surface area contributed by atoms with Crippen LogP contribution in [0.25, 0.3) is 0 Å². The van der Waals surface area contributed by atoms with Crippen LogP contribution >= 0.6 is 11.8 Å². The molecule has 0 saturated heterocycles. The lowest BCUT2D eigenvalue weighted by Crippen LogP contribution is -2.41. The molecule has 0 saturated carbocycles. The van der Waals surface area contributed by atoms with E-state index >= 15 is 0 Å². The average Bonchev–Trinajstić information content (AvgIpc) is 2.29. The number of rotatable bonds is 6. The van der Waals surface area contributed by atoms with E-state index in [9.17, 15) is 18.4 Å². The number of nitrogens with zero attached hydrogens (tertiary/aromatic N) is 1. The van der Waals surface area contributed by atoms with Crippen molar-refractivity contribution < 1.29 is 18.4 Å². The minimum absolute atomic E-state index is 0.0104. The number of amides is 3. The summed E-state index contributed by atoms with van der Waals surface area (Å²) in [5.74, 6) is -2.94. The molecular weight excluding hydrogens is 288 g/mol. The summed E-state index contributed by atoms with van der Waals surface area (Å²) in [6.45, 7) is 0.461. The van der Waals surface area contributed by atoms with E-state index in [1.54, 1.807) is 36.2 Å². The molecule has 0 aliphatic carbocycles. The third kappa shape index (κ3) is 6.48. The van der Waals surface area contributed by atoms with E-state index in [2.05, 4.69) is 0 Å². The molecule has 3 N–H and O–H groups in total. The highest BCUT2D eigenvalue weighted by Gasteiger charge is 2.09. The fourth-order valence-corrected chi connectivity index (χ4v) is 2.06. The number of likely N-dealkylation sites (N-methyl/N-ethyl adjacent to an activating group) is 1. The highest BCUT2D eigenvalue weighted by molar-refractivity contribution is 7.99. The molecule has 3 amide bonds. The average molecular weight is 303 g/mol. The number of thioether (sulfide) groups is 1. The third-order valence-corrected chi connectivity index (χ3v) is 3.00. The molecule has 1 aromatic rings. The maximum Gasteiger partial charge on any atom is 0.318 e. The molecule has 0 fully saturated rings. The Morgan fingerprint density at radius 2 is 1.95 bits per heavy atom. The minimum atomic E-state index is -2.44. The smallest absolute Gasteiger partial charge is 0.318 e. The lowest BCUT2D eigenvalue weighted by Gasteiger charge is -2.15. The van der Waals surface area contributed by atoms with Gasteiger partial charge in [0.2, 0.25) is 5.91 Å². The van der Waals surface area contributed by atoms with Gasteiger partial charge in [0, 0.05) is 11.4 Å². The first-order valence-corrected chi connectivity index (χ1v) is 6.56. The molecule has 5 nitrogen and oxygen atoms in total. The number of nitrogens with one attached hydrogen (secondary N) is 1. The van der Waals surface area contributed by atoms with Crippen LogP contribution in [-0.2, 0) is 11.3 Å². The van der Waals surface area contributed by atoms with Crippen LogP contribution in [0.2, 0.25) is 0 Å². The van der Waals surface area contributed by atoms with Crippen LogP contribution in [0, 0.1) is 0 Å². The number of halogens is 2. The van der Waals surface area contributed by atoms with Crippen molar-refractivity contribution in [2.24, 2.45) is 5.73 Å². The fourth-order valence-electron chi connectivity index (χ4n) is 1.57. The molecule has 0 atom stereocenters. The quantitative estimate of drug-likeness (QED) is 0.783.